The standard InChI is InChI=1S/C9H23N3.C7H12N2/c1-8(11-7-6-10)9(2,3)12(4)5;1-3-7-8-4-2-6-9(7)5-1/h8,11H,6-7,10H2,1-5H3;1-6H2. The molecule has 1 saturated heterocycles. The number of amidine groups is 1. The van der Waals surface area contributed by atoms with Gasteiger partial charge in [0.2, 0.25) is 0 Å². The molecule has 5 nitrogen and oxygen atoms in total. The van der Waals surface area contributed by atoms with Gasteiger partial charge in [0.1, 0.15) is 0 Å². The molecule has 0 radical (unpaired) electrons. The molecule has 124 valence electrons. The van der Waals surface area contributed by atoms with Gasteiger partial charge >= 0.3 is 0 Å². The van der Waals surface area contributed by atoms with E-state index >= 15 is 0 Å². The van der Waals surface area contributed by atoms with Crippen molar-refractivity contribution in [3.8, 4) is 0 Å². The van der Waals surface area contributed by atoms with Gasteiger partial charge < -0.3 is 20.9 Å². The molecule has 2 aliphatic rings. The van der Waals surface area contributed by atoms with Gasteiger partial charge in [-0.25, -0.2) is 0 Å². The van der Waals surface area contributed by atoms with Gasteiger partial charge in [0.15, 0.2) is 0 Å². The first-order valence-electron chi connectivity index (χ1n) is 8.28. The third-order valence-corrected chi connectivity index (χ3v) is 4.88. The highest BCUT2D eigenvalue weighted by Crippen LogP contribution is 2.15. The lowest BCUT2D eigenvalue weighted by atomic mass is 9.95. The Morgan fingerprint density at radius 2 is 2.00 bits per heavy atom. The lowest BCUT2D eigenvalue weighted by Crippen LogP contribution is -2.54. The summed E-state index contributed by atoms with van der Waals surface area (Å²) in [4.78, 5) is 9.08. The molecule has 1 fully saturated rings. The Hall–Kier alpha value is -0.650. The molecule has 1 unspecified atom stereocenters. The molecular formula is C16H35N5. The fourth-order valence-electron chi connectivity index (χ4n) is 2.54. The van der Waals surface area contributed by atoms with E-state index in [2.05, 4.69) is 55.0 Å². The van der Waals surface area contributed by atoms with E-state index < -0.39 is 0 Å². The third-order valence-electron chi connectivity index (χ3n) is 4.88. The van der Waals surface area contributed by atoms with Crippen molar-refractivity contribution in [2.45, 2.75) is 51.6 Å². The summed E-state index contributed by atoms with van der Waals surface area (Å²) in [6.45, 7) is 11.8. The number of hydrogen-bond acceptors (Lipinski definition) is 5. The summed E-state index contributed by atoms with van der Waals surface area (Å²) in [7, 11) is 4.20. The molecule has 0 saturated carbocycles. The molecule has 3 N–H and O–H groups in total. The molecule has 2 heterocycles. The molecule has 0 aliphatic carbocycles. The van der Waals surface area contributed by atoms with Crippen LogP contribution in [0.25, 0.3) is 0 Å². The highest BCUT2D eigenvalue weighted by Gasteiger charge is 2.27. The number of fused-ring (bicyclic) bond motifs is 1. The van der Waals surface area contributed by atoms with E-state index in [9.17, 15) is 0 Å². The maximum atomic E-state index is 5.42. The number of aliphatic imine (C=N–C) groups is 1. The number of nitrogens with zero attached hydrogens (tertiary/aromatic N) is 3. The van der Waals surface area contributed by atoms with Crippen LogP contribution in [-0.2, 0) is 0 Å². The Labute approximate surface area is 131 Å². The maximum Gasteiger partial charge on any atom is 0.0989 e. The van der Waals surface area contributed by atoms with Crippen LogP contribution in [0.15, 0.2) is 4.99 Å². The molecule has 0 aromatic carbocycles. The number of nitrogens with two attached hydrogens (primary N) is 1. The molecule has 1 atom stereocenters. The molecule has 0 bridgehead atoms. The summed E-state index contributed by atoms with van der Waals surface area (Å²) in [6, 6.07) is 0.455. The smallest absolute Gasteiger partial charge is 0.0989 e. The highest BCUT2D eigenvalue weighted by atomic mass is 15.2. The van der Waals surface area contributed by atoms with Gasteiger partial charge in [0.05, 0.1) is 5.84 Å². The Bertz CT molecular complexity index is 325. The first kappa shape index (κ1) is 18.4. The zero-order chi connectivity index (χ0) is 15.9. The number of nitrogens with one attached hydrogen (secondary N) is 1. The predicted octanol–water partition coefficient (Wildman–Crippen LogP) is 1.15. The first-order valence-corrected chi connectivity index (χ1v) is 8.28. The van der Waals surface area contributed by atoms with Crippen LogP contribution < -0.4 is 11.1 Å². The average molecular weight is 297 g/mol. The van der Waals surface area contributed by atoms with Gasteiger partial charge in [0.25, 0.3) is 0 Å². The summed E-state index contributed by atoms with van der Waals surface area (Å²) in [5.74, 6) is 1.38. The summed E-state index contributed by atoms with van der Waals surface area (Å²) < 4.78 is 0. The summed E-state index contributed by atoms with van der Waals surface area (Å²) in [6.07, 6.45) is 3.84. The number of hydrogen-bond donors (Lipinski definition) is 2. The third kappa shape index (κ3) is 5.57. The molecule has 0 aromatic heterocycles. The number of rotatable bonds is 5. The average Bonchev–Trinajstić information content (AvgIpc) is 2.93. The lowest BCUT2D eigenvalue weighted by Gasteiger charge is -2.38. The summed E-state index contributed by atoms with van der Waals surface area (Å²) in [5, 5.41) is 3.39. The molecule has 2 aliphatic heterocycles. The Morgan fingerprint density at radius 3 is 2.57 bits per heavy atom. The van der Waals surface area contributed by atoms with Crippen LogP contribution in [0.2, 0.25) is 0 Å². The first-order chi connectivity index (χ1) is 9.89. The van der Waals surface area contributed by atoms with Crippen molar-refractivity contribution >= 4 is 5.84 Å². The van der Waals surface area contributed by atoms with Crippen molar-refractivity contribution in [1.82, 2.24) is 15.1 Å². The van der Waals surface area contributed by atoms with Gasteiger partial charge in [0, 0.05) is 50.7 Å². The van der Waals surface area contributed by atoms with E-state index in [4.69, 9.17) is 5.73 Å². The van der Waals surface area contributed by atoms with Crippen LogP contribution >= 0.6 is 0 Å². The minimum absolute atomic E-state index is 0.176. The Morgan fingerprint density at radius 1 is 1.33 bits per heavy atom. The minimum atomic E-state index is 0.176. The Kier molecular flexibility index (Phi) is 7.63. The van der Waals surface area contributed by atoms with Crippen LogP contribution in [-0.4, -0.2) is 74.0 Å². The maximum absolute atomic E-state index is 5.42. The van der Waals surface area contributed by atoms with E-state index in [1.54, 1.807) is 0 Å². The largest absolute Gasteiger partial charge is 0.360 e. The van der Waals surface area contributed by atoms with Crippen LogP contribution in [0.1, 0.15) is 40.0 Å². The second kappa shape index (κ2) is 8.71. The van der Waals surface area contributed by atoms with Crippen molar-refractivity contribution in [3.63, 3.8) is 0 Å². The van der Waals surface area contributed by atoms with Gasteiger partial charge in [-0.1, -0.05) is 0 Å². The van der Waals surface area contributed by atoms with Crippen LogP contribution in [0.3, 0.4) is 0 Å². The fraction of sp³-hybridized carbons (Fsp3) is 0.938. The van der Waals surface area contributed by atoms with E-state index in [0.717, 1.165) is 13.1 Å². The monoisotopic (exact) mass is 297 g/mol. The second-order valence-corrected chi connectivity index (χ2v) is 6.75. The predicted molar refractivity (Wildman–Crippen MR) is 92.0 cm³/mol. The van der Waals surface area contributed by atoms with Crippen LogP contribution in [0, 0.1) is 0 Å². The highest BCUT2D eigenvalue weighted by molar-refractivity contribution is 5.84. The normalized spacial score (nSPS) is 19.8. The molecule has 0 aromatic rings. The minimum Gasteiger partial charge on any atom is -0.360 e. The quantitative estimate of drug-likeness (QED) is 0.799. The fourth-order valence-corrected chi connectivity index (χ4v) is 2.54. The van der Waals surface area contributed by atoms with Crippen molar-refractivity contribution in [3.05, 3.63) is 0 Å². The van der Waals surface area contributed by atoms with Crippen molar-refractivity contribution in [2.24, 2.45) is 10.7 Å². The van der Waals surface area contributed by atoms with E-state index in [1.807, 2.05) is 0 Å². The van der Waals surface area contributed by atoms with Gasteiger partial charge in [-0.3, -0.25) is 4.99 Å². The van der Waals surface area contributed by atoms with Crippen LogP contribution in [0.4, 0.5) is 0 Å². The zero-order valence-electron chi connectivity index (χ0n) is 14.7. The van der Waals surface area contributed by atoms with Crippen molar-refractivity contribution in [2.75, 3.05) is 46.8 Å². The van der Waals surface area contributed by atoms with Gasteiger partial charge in [-0.15, -0.1) is 0 Å². The molecule has 5 heteroatoms. The number of likely N-dealkylation sites (N-methyl/N-ethyl adjacent to an activating group) is 1. The van der Waals surface area contributed by atoms with Crippen LogP contribution in [0.5, 0.6) is 0 Å². The zero-order valence-corrected chi connectivity index (χ0v) is 14.7. The van der Waals surface area contributed by atoms with Crippen molar-refractivity contribution in [1.29, 1.82) is 0 Å². The van der Waals surface area contributed by atoms with E-state index in [-0.39, 0.29) is 5.54 Å². The Balaban J connectivity index is 0.000000216. The molecule has 0 spiro atoms. The van der Waals surface area contributed by atoms with Gasteiger partial charge in [-0.2, -0.15) is 0 Å². The van der Waals surface area contributed by atoms with E-state index in [1.165, 1.54) is 38.2 Å². The summed E-state index contributed by atoms with van der Waals surface area (Å²) >= 11 is 0. The molecule has 2 rings (SSSR count). The molecule has 21 heavy (non-hydrogen) atoms. The molecule has 0 amide bonds. The second-order valence-electron chi connectivity index (χ2n) is 6.75. The lowest BCUT2D eigenvalue weighted by molar-refractivity contribution is 0.147. The summed E-state index contributed by atoms with van der Waals surface area (Å²) in [5.41, 5.74) is 5.60. The SMILES string of the molecule is C1CN=C2CCCN2C1.CC(NCCN)C(C)(C)N(C)C. The van der Waals surface area contributed by atoms with Crippen molar-refractivity contribution < 1.29 is 0 Å². The van der Waals surface area contributed by atoms with Gasteiger partial charge in [-0.05, 0) is 47.7 Å². The molecular weight excluding hydrogens is 262 g/mol. The van der Waals surface area contributed by atoms with E-state index in [0.29, 0.717) is 12.6 Å². The topological polar surface area (TPSA) is 56.9 Å².